The molecular weight excluding hydrogens is 420 g/mol. The Kier molecular flexibility index (Phi) is 6.08. The van der Waals surface area contributed by atoms with Gasteiger partial charge in [0.15, 0.2) is 11.0 Å². The Labute approximate surface area is 179 Å². The number of anilines is 1. The highest BCUT2D eigenvalue weighted by Crippen LogP contribution is 2.14. The molecule has 1 aromatic carbocycles. The van der Waals surface area contributed by atoms with Crippen LogP contribution >= 0.6 is 11.8 Å². The second-order valence-corrected chi connectivity index (χ2v) is 7.45. The van der Waals surface area contributed by atoms with Crippen molar-refractivity contribution < 1.29 is 9.53 Å². The number of fused-ring (bicyclic) bond motifs is 1. The van der Waals surface area contributed by atoms with Crippen LogP contribution in [0.4, 0.5) is 5.69 Å². The van der Waals surface area contributed by atoms with Gasteiger partial charge in [-0.15, -0.1) is 0 Å². The average molecular weight is 438 g/mol. The van der Waals surface area contributed by atoms with E-state index in [1.54, 1.807) is 30.5 Å². The van der Waals surface area contributed by atoms with Crippen molar-refractivity contribution in [2.75, 3.05) is 18.1 Å². The lowest BCUT2D eigenvalue weighted by molar-refractivity contribution is 0.0940. The molecule has 0 spiro atoms. The van der Waals surface area contributed by atoms with Crippen molar-refractivity contribution in [3.05, 3.63) is 64.6 Å². The molecule has 11 nitrogen and oxygen atoms in total. The standard InChI is InChI=1S/C19H18N8O3S/c20-12-1-2-14-13(8-12)17(28)26-16(25-14)18(29)22-9-11-3-4-21-15(7-11)30-5-6-31-19-23-10-24-27-19/h1-4,7-8,10H,5-6,9,20H2,(H,22,29)(H,23,24,27)(H,25,26,28). The number of nitrogen functional groups attached to an aromatic ring is 1. The summed E-state index contributed by atoms with van der Waals surface area (Å²) in [5.74, 6) is 0.542. The number of nitrogens with one attached hydrogen (secondary N) is 3. The van der Waals surface area contributed by atoms with E-state index in [1.807, 2.05) is 0 Å². The molecular formula is C19H18N8O3S. The number of amides is 1. The van der Waals surface area contributed by atoms with E-state index in [1.165, 1.54) is 24.2 Å². The minimum atomic E-state index is -0.501. The first kappa shape index (κ1) is 20.3. The predicted molar refractivity (Wildman–Crippen MR) is 115 cm³/mol. The highest BCUT2D eigenvalue weighted by molar-refractivity contribution is 7.99. The van der Waals surface area contributed by atoms with Crippen molar-refractivity contribution >= 4 is 34.3 Å². The zero-order valence-corrected chi connectivity index (χ0v) is 17.0. The Balaban J connectivity index is 1.34. The lowest BCUT2D eigenvalue weighted by atomic mass is 10.2. The largest absolute Gasteiger partial charge is 0.477 e. The Morgan fingerprint density at radius 1 is 1.23 bits per heavy atom. The van der Waals surface area contributed by atoms with Crippen LogP contribution in [0.25, 0.3) is 10.9 Å². The fourth-order valence-electron chi connectivity index (χ4n) is 2.72. The maximum atomic E-state index is 12.5. The molecule has 12 heteroatoms. The summed E-state index contributed by atoms with van der Waals surface area (Å²) in [5.41, 5.74) is 6.90. The summed E-state index contributed by atoms with van der Waals surface area (Å²) < 4.78 is 5.63. The molecule has 1 amide bonds. The van der Waals surface area contributed by atoms with E-state index in [0.29, 0.717) is 34.8 Å². The van der Waals surface area contributed by atoms with Gasteiger partial charge in [-0.05, 0) is 29.8 Å². The molecule has 0 saturated heterocycles. The highest BCUT2D eigenvalue weighted by atomic mass is 32.2. The van der Waals surface area contributed by atoms with Crippen LogP contribution in [-0.2, 0) is 6.54 Å². The van der Waals surface area contributed by atoms with E-state index in [-0.39, 0.29) is 12.4 Å². The number of nitrogens with two attached hydrogens (primary N) is 1. The summed E-state index contributed by atoms with van der Waals surface area (Å²) in [4.78, 5) is 39.5. The third-order valence-electron chi connectivity index (χ3n) is 4.16. The normalized spacial score (nSPS) is 10.8. The van der Waals surface area contributed by atoms with Gasteiger partial charge in [0.1, 0.15) is 6.33 Å². The molecule has 0 fully saturated rings. The van der Waals surface area contributed by atoms with Gasteiger partial charge in [-0.3, -0.25) is 14.7 Å². The van der Waals surface area contributed by atoms with E-state index in [0.717, 1.165) is 10.7 Å². The van der Waals surface area contributed by atoms with Gasteiger partial charge in [0.2, 0.25) is 5.88 Å². The second-order valence-electron chi connectivity index (χ2n) is 6.36. The van der Waals surface area contributed by atoms with Crippen LogP contribution in [0.5, 0.6) is 5.88 Å². The van der Waals surface area contributed by atoms with Gasteiger partial charge in [-0.2, -0.15) is 5.10 Å². The second kappa shape index (κ2) is 9.26. The summed E-state index contributed by atoms with van der Waals surface area (Å²) >= 11 is 1.48. The molecule has 3 aromatic heterocycles. The average Bonchev–Trinajstić information content (AvgIpc) is 3.29. The summed E-state index contributed by atoms with van der Waals surface area (Å²) in [6, 6.07) is 8.24. The number of rotatable bonds is 8. The third-order valence-corrected chi connectivity index (χ3v) is 5.00. The van der Waals surface area contributed by atoms with Crippen molar-refractivity contribution in [1.82, 2.24) is 35.5 Å². The number of pyridine rings is 1. The van der Waals surface area contributed by atoms with E-state index in [4.69, 9.17) is 10.5 Å². The van der Waals surface area contributed by atoms with Crippen molar-refractivity contribution in [2.45, 2.75) is 11.7 Å². The van der Waals surface area contributed by atoms with E-state index < -0.39 is 11.5 Å². The maximum absolute atomic E-state index is 12.5. The summed E-state index contributed by atoms with van der Waals surface area (Å²) in [6.45, 7) is 0.648. The fourth-order valence-corrected chi connectivity index (χ4v) is 3.32. The van der Waals surface area contributed by atoms with Gasteiger partial charge >= 0.3 is 0 Å². The van der Waals surface area contributed by atoms with Gasteiger partial charge in [-0.1, -0.05) is 11.8 Å². The number of H-pyrrole nitrogens is 2. The zero-order valence-electron chi connectivity index (χ0n) is 16.2. The number of thioether (sulfide) groups is 1. The first-order valence-electron chi connectivity index (χ1n) is 9.22. The SMILES string of the molecule is Nc1ccc2nc(C(=O)NCc3ccnc(OCCSc4ncn[nH]4)c3)[nH]c(=O)c2c1. The fraction of sp³-hybridized carbons (Fsp3) is 0.158. The molecule has 4 rings (SSSR count). The first-order valence-corrected chi connectivity index (χ1v) is 10.2. The van der Waals surface area contributed by atoms with Gasteiger partial charge in [0, 0.05) is 30.2 Å². The number of benzene rings is 1. The molecule has 0 aliphatic heterocycles. The Hall–Kier alpha value is -3.93. The number of aromatic nitrogens is 6. The molecule has 31 heavy (non-hydrogen) atoms. The van der Waals surface area contributed by atoms with Crippen molar-refractivity contribution in [2.24, 2.45) is 0 Å². The summed E-state index contributed by atoms with van der Waals surface area (Å²) in [6.07, 6.45) is 3.04. The van der Waals surface area contributed by atoms with Crippen molar-refractivity contribution in [3.63, 3.8) is 0 Å². The van der Waals surface area contributed by atoms with Gasteiger partial charge in [0.25, 0.3) is 11.5 Å². The maximum Gasteiger partial charge on any atom is 0.287 e. The van der Waals surface area contributed by atoms with Crippen LogP contribution in [0.1, 0.15) is 16.2 Å². The number of aromatic amines is 2. The molecule has 0 radical (unpaired) electrons. The smallest absolute Gasteiger partial charge is 0.287 e. The lowest BCUT2D eigenvalue weighted by Gasteiger charge is -2.08. The monoisotopic (exact) mass is 438 g/mol. The van der Waals surface area contributed by atoms with Crippen LogP contribution in [0, 0.1) is 0 Å². The molecule has 3 heterocycles. The first-order chi connectivity index (χ1) is 15.1. The minimum absolute atomic E-state index is 0.0720. The molecule has 5 N–H and O–H groups in total. The highest BCUT2D eigenvalue weighted by Gasteiger charge is 2.12. The van der Waals surface area contributed by atoms with Gasteiger partial charge < -0.3 is 20.8 Å². The minimum Gasteiger partial charge on any atom is -0.477 e. The summed E-state index contributed by atoms with van der Waals surface area (Å²) in [7, 11) is 0. The third kappa shape index (κ3) is 5.17. The topological polar surface area (TPSA) is 165 Å². The van der Waals surface area contributed by atoms with Gasteiger partial charge in [0.05, 0.1) is 17.5 Å². The molecule has 0 aliphatic rings. The molecule has 0 atom stereocenters. The molecule has 0 aliphatic carbocycles. The van der Waals surface area contributed by atoms with Crippen LogP contribution < -0.4 is 21.3 Å². The molecule has 0 bridgehead atoms. The van der Waals surface area contributed by atoms with Crippen LogP contribution in [-0.4, -0.2) is 48.4 Å². The number of carbonyl (C=O) groups is 1. The Morgan fingerprint density at radius 2 is 2.13 bits per heavy atom. The number of nitrogens with zero attached hydrogens (tertiary/aromatic N) is 4. The Bertz CT molecular complexity index is 1260. The van der Waals surface area contributed by atoms with Crippen molar-refractivity contribution in [1.29, 1.82) is 0 Å². The van der Waals surface area contributed by atoms with E-state index in [9.17, 15) is 9.59 Å². The number of carbonyl (C=O) groups excluding carboxylic acids is 1. The lowest BCUT2D eigenvalue weighted by Crippen LogP contribution is -2.27. The summed E-state index contributed by atoms with van der Waals surface area (Å²) in [5, 5.41) is 10.3. The van der Waals surface area contributed by atoms with Crippen LogP contribution in [0.2, 0.25) is 0 Å². The zero-order chi connectivity index (χ0) is 21.6. The van der Waals surface area contributed by atoms with Crippen molar-refractivity contribution in [3.8, 4) is 5.88 Å². The molecule has 0 saturated carbocycles. The number of hydrogen-bond donors (Lipinski definition) is 4. The van der Waals surface area contributed by atoms with Gasteiger partial charge in [-0.25, -0.2) is 15.0 Å². The number of ether oxygens (including phenoxy) is 1. The molecule has 4 aromatic rings. The predicted octanol–water partition coefficient (Wildman–Crippen LogP) is 1.12. The quantitative estimate of drug-likeness (QED) is 0.179. The van der Waals surface area contributed by atoms with E-state index in [2.05, 4.69) is 35.5 Å². The molecule has 158 valence electrons. The number of hydrogen-bond acceptors (Lipinski definition) is 9. The Morgan fingerprint density at radius 3 is 2.97 bits per heavy atom. The van der Waals surface area contributed by atoms with Crippen LogP contribution in [0.15, 0.2) is 52.8 Å². The van der Waals surface area contributed by atoms with Crippen LogP contribution in [0.3, 0.4) is 0 Å². The van der Waals surface area contributed by atoms with E-state index >= 15 is 0 Å². The molecule has 0 unspecified atom stereocenters.